The van der Waals surface area contributed by atoms with Gasteiger partial charge in [0.25, 0.3) is 0 Å². The van der Waals surface area contributed by atoms with Crippen LogP contribution in [0.5, 0.6) is 5.75 Å². The van der Waals surface area contributed by atoms with E-state index in [4.69, 9.17) is 24.2 Å². The number of hydrogen-bond acceptors (Lipinski definition) is 10. The second kappa shape index (κ2) is 19.6. The lowest BCUT2D eigenvalue weighted by Crippen LogP contribution is -2.52. The first-order valence-corrected chi connectivity index (χ1v) is 22.6. The van der Waals surface area contributed by atoms with Crippen LogP contribution in [0.25, 0.3) is 33.6 Å². The van der Waals surface area contributed by atoms with Crippen LogP contribution < -0.4 is 15.4 Å². The normalized spacial score (nSPS) is 17.7. The summed E-state index contributed by atoms with van der Waals surface area (Å²) in [6.07, 6.45) is 3.88. The molecule has 352 valence electrons. The van der Waals surface area contributed by atoms with Crippen LogP contribution in [0, 0.1) is 11.8 Å². The molecule has 3 aromatic carbocycles. The Kier molecular flexibility index (Phi) is 13.5. The maximum absolute atomic E-state index is 14.3. The van der Waals surface area contributed by atoms with Gasteiger partial charge in [0.15, 0.2) is 0 Å². The molecule has 1 unspecified atom stereocenters. The van der Waals surface area contributed by atoms with Gasteiger partial charge in [-0.05, 0) is 47.4 Å². The zero-order chi connectivity index (χ0) is 47.5. The summed E-state index contributed by atoms with van der Waals surface area (Å²) in [6.45, 7) is 9.02. The fraction of sp³-hybridized carbons (Fsp3) is 0.408. The van der Waals surface area contributed by atoms with Crippen molar-refractivity contribution >= 4 is 30.0 Å². The first kappa shape index (κ1) is 46.2. The van der Waals surface area contributed by atoms with Crippen LogP contribution in [0.2, 0.25) is 0 Å². The molecule has 18 heteroatoms. The summed E-state index contributed by atoms with van der Waals surface area (Å²) in [5, 5.41) is 5.38. The predicted octanol–water partition coefficient (Wildman–Crippen LogP) is 6.85. The van der Waals surface area contributed by atoms with Gasteiger partial charge in [-0.15, -0.1) is 0 Å². The van der Waals surface area contributed by atoms with Crippen LogP contribution in [0.4, 0.5) is 14.4 Å². The van der Waals surface area contributed by atoms with Crippen molar-refractivity contribution in [1.82, 2.24) is 50.2 Å². The molecule has 4 N–H and O–H groups in total. The number of urea groups is 1. The SMILES string of the molecule is COC(=O)NC(C(=O)N1CCC[C@H]1c1nc(-c2ccc(-c3ccc(-c4c[nH]c([C@@H]5CN(C(=O)N6Cc7cccc(OC)c7C6)CN5C(=O)[C@@H](NC(=O)OC)C(C)C)n4)cc3)cc2)c[nH]1)C(C)C. The van der Waals surface area contributed by atoms with Gasteiger partial charge in [-0.25, -0.2) is 24.4 Å². The fourth-order valence-corrected chi connectivity index (χ4v) is 9.21. The van der Waals surface area contributed by atoms with Crippen LogP contribution in [-0.2, 0) is 32.2 Å². The van der Waals surface area contributed by atoms with E-state index in [1.165, 1.54) is 14.2 Å². The fourth-order valence-electron chi connectivity index (χ4n) is 9.21. The number of H-pyrrole nitrogens is 2. The van der Waals surface area contributed by atoms with E-state index < -0.39 is 30.3 Å². The number of alkyl carbamates (subject to hydrolysis) is 2. The third kappa shape index (κ3) is 9.51. The van der Waals surface area contributed by atoms with E-state index in [1.807, 2.05) is 101 Å². The topological polar surface area (TPSA) is 207 Å². The number of imidazole rings is 2. The number of rotatable bonds is 12. The van der Waals surface area contributed by atoms with Gasteiger partial charge in [0.1, 0.15) is 35.5 Å². The van der Waals surface area contributed by atoms with Gasteiger partial charge in [-0.1, -0.05) is 88.4 Å². The highest BCUT2D eigenvalue weighted by atomic mass is 16.5. The first-order chi connectivity index (χ1) is 32.3. The number of carbonyl (C=O) groups excluding carboxylic acids is 5. The molecule has 3 aliphatic rings. The molecule has 67 heavy (non-hydrogen) atoms. The van der Waals surface area contributed by atoms with Gasteiger partial charge in [0, 0.05) is 42.2 Å². The number of hydrogen-bond donors (Lipinski definition) is 4. The smallest absolute Gasteiger partial charge is 0.407 e. The molecular formula is C49H58N10O8. The molecule has 8 rings (SSSR count). The molecule has 4 atom stereocenters. The number of fused-ring (bicyclic) bond motifs is 1. The second-order valence-electron chi connectivity index (χ2n) is 17.8. The molecule has 3 aliphatic heterocycles. The highest BCUT2D eigenvalue weighted by molar-refractivity contribution is 5.88. The minimum absolute atomic E-state index is 0.000161. The van der Waals surface area contributed by atoms with Crippen molar-refractivity contribution in [1.29, 1.82) is 0 Å². The number of methoxy groups -OCH3 is 3. The Balaban J connectivity index is 0.962. The molecule has 6 amide bonds. The van der Waals surface area contributed by atoms with Gasteiger partial charge in [0.05, 0.1) is 58.5 Å². The van der Waals surface area contributed by atoms with Gasteiger partial charge in [-0.2, -0.15) is 0 Å². The minimum atomic E-state index is -0.903. The molecule has 0 saturated carbocycles. The highest BCUT2D eigenvalue weighted by Crippen LogP contribution is 2.36. The molecule has 0 spiro atoms. The lowest BCUT2D eigenvalue weighted by Gasteiger charge is -2.29. The summed E-state index contributed by atoms with van der Waals surface area (Å²) < 4.78 is 15.2. The highest BCUT2D eigenvalue weighted by Gasteiger charge is 2.44. The van der Waals surface area contributed by atoms with E-state index in [1.54, 1.807) is 32.9 Å². The first-order valence-electron chi connectivity index (χ1n) is 22.6. The largest absolute Gasteiger partial charge is 0.496 e. The number of aromatic nitrogens is 4. The Hall–Kier alpha value is -7.37. The van der Waals surface area contributed by atoms with Crippen LogP contribution >= 0.6 is 0 Å². The Labute approximate surface area is 389 Å². The molecule has 5 heterocycles. The molecule has 0 radical (unpaired) electrons. The Morgan fingerprint density at radius 1 is 0.657 bits per heavy atom. The van der Waals surface area contributed by atoms with Crippen molar-refractivity contribution < 1.29 is 38.2 Å². The molecule has 0 bridgehead atoms. The summed E-state index contributed by atoms with van der Waals surface area (Å²) >= 11 is 0. The number of aromatic amines is 2. The zero-order valence-corrected chi connectivity index (χ0v) is 38.9. The second-order valence-corrected chi connectivity index (χ2v) is 17.8. The van der Waals surface area contributed by atoms with E-state index in [9.17, 15) is 24.0 Å². The Morgan fingerprint density at radius 2 is 1.18 bits per heavy atom. The number of amides is 6. The van der Waals surface area contributed by atoms with Gasteiger partial charge >= 0.3 is 18.2 Å². The molecule has 18 nitrogen and oxygen atoms in total. The number of benzene rings is 3. The van der Waals surface area contributed by atoms with Crippen molar-refractivity contribution in [3.05, 3.63) is 102 Å². The Bertz CT molecular complexity index is 2610. The van der Waals surface area contributed by atoms with Crippen molar-refractivity contribution in [2.75, 3.05) is 41.1 Å². The van der Waals surface area contributed by atoms with Gasteiger partial charge < -0.3 is 54.4 Å². The molecule has 2 saturated heterocycles. The van der Waals surface area contributed by atoms with Crippen LogP contribution in [-0.4, -0.2) is 123 Å². The summed E-state index contributed by atoms with van der Waals surface area (Å²) in [5.41, 5.74) is 7.17. The third-order valence-electron chi connectivity index (χ3n) is 12.9. The van der Waals surface area contributed by atoms with E-state index in [0.29, 0.717) is 37.0 Å². The maximum Gasteiger partial charge on any atom is 0.407 e. The van der Waals surface area contributed by atoms with E-state index in [-0.39, 0.29) is 48.9 Å². The standard InChI is InChI=1S/C49H58N10O8/c1-28(2)41(54-47(62)66-6)45(60)58-21-9-11-38(58)43-50-22-36(52-43)32-17-13-30(14-18-32)31-15-19-33(20-16-31)37-23-51-44(53-37)39-26-57(27-59(39)46(61)42(29(3)4)55-48(63)67-7)49(64)56-24-34-10-8-12-40(65-5)35(34)25-56/h8,10,12-20,22-23,28-29,38-39,41-42H,9,11,21,24-27H2,1-7H3,(H,50,52)(H,51,53)(H,54,62)(H,55,63)/t38-,39-,41?,42-/m0/s1. The lowest BCUT2D eigenvalue weighted by atomic mass is 10.0. The number of carbonyl (C=O) groups is 5. The van der Waals surface area contributed by atoms with Crippen molar-refractivity contribution in [2.24, 2.45) is 11.8 Å². The maximum atomic E-state index is 14.3. The van der Waals surface area contributed by atoms with Gasteiger partial charge in [0.2, 0.25) is 11.8 Å². The summed E-state index contributed by atoms with van der Waals surface area (Å²) in [4.78, 5) is 89.6. The summed E-state index contributed by atoms with van der Waals surface area (Å²) in [6, 6.07) is 19.2. The lowest BCUT2D eigenvalue weighted by molar-refractivity contribution is -0.136. The van der Waals surface area contributed by atoms with E-state index in [0.717, 1.165) is 57.7 Å². The van der Waals surface area contributed by atoms with Crippen LogP contribution in [0.3, 0.4) is 0 Å². The molecule has 2 aromatic heterocycles. The average molecular weight is 915 g/mol. The van der Waals surface area contributed by atoms with Crippen LogP contribution in [0.15, 0.2) is 79.1 Å². The number of likely N-dealkylation sites (tertiary alicyclic amines) is 1. The third-order valence-corrected chi connectivity index (χ3v) is 12.9. The van der Waals surface area contributed by atoms with Crippen molar-refractivity contribution in [3.63, 3.8) is 0 Å². The van der Waals surface area contributed by atoms with E-state index >= 15 is 0 Å². The molecular weight excluding hydrogens is 857 g/mol. The average Bonchev–Trinajstić information content (AvgIpc) is 4.21. The van der Waals surface area contributed by atoms with Crippen LogP contribution in [0.1, 0.15) is 75.4 Å². The van der Waals surface area contributed by atoms with Gasteiger partial charge in [-0.3, -0.25) is 9.59 Å². The molecule has 2 fully saturated rings. The molecule has 0 aliphatic carbocycles. The van der Waals surface area contributed by atoms with Crippen molar-refractivity contribution in [3.8, 4) is 39.4 Å². The summed E-state index contributed by atoms with van der Waals surface area (Å²) in [5.74, 6) is 1.03. The number of nitrogens with zero attached hydrogens (tertiary/aromatic N) is 6. The Morgan fingerprint density at radius 3 is 1.70 bits per heavy atom. The summed E-state index contributed by atoms with van der Waals surface area (Å²) in [7, 11) is 4.15. The predicted molar refractivity (Wildman–Crippen MR) is 248 cm³/mol. The van der Waals surface area contributed by atoms with E-state index in [2.05, 4.69) is 20.6 Å². The zero-order valence-electron chi connectivity index (χ0n) is 38.9. The quantitative estimate of drug-likeness (QED) is 0.102. The number of ether oxygens (including phenoxy) is 3. The molecule has 5 aromatic rings. The minimum Gasteiger partial charge on any atom is -0.496 e. The number of nitrogens with one attached hydrogen (secondary N) is 4. The monoisotopic (exact) mass is 914 g/mol. The van der Waals surface area contributed by atoms with Crippen molar-refractivity contribution in [2.45, 2.75) is 77.8 Å².